The van der Waals surface area contributed by atoms with E-state index >= 15 is 0 Å². The Bertz CT molecular complexity index is 482. The third-order valence-electron chi connectivity index (χ3n) is 2.96. The van der Waals surface area contributed by atoms with Gasteiger partial charge < -0.3 is 14.7 Å². The highest BCUT2D eigenvalue weighted by molar-refractivity contribution is 5.89. The molecule has 0 spiro atoms. The predicted molar refractivity (Wildman–Crippen MR) is 71.5 cm³/mol. The van der Waals surface area contributed by atoms with Crippen LogP contribution in [-0.2, 0) is 4.79 Å². The maximum atomic E-state index is 11.7. The van der Waals surface area contributed by atoms with Gasteiger partial charge in [0.2, 0.25) is 0 Å². The fraction of sp³-hybridized carbons (Fsp3) is 0.429. The van der Waals surface area contributed by atoms with Gasteiger partial charge in [-0.05, 0) is 44.5 Å². The topological polar surface area (TPSA) is 66.8 Å². The summed E-state index contributed by atoms with van der Waals surface area (Å²) >= 11 is 0. The Kier molecular flexibility index (Phi) is 4.92. The highest BCUT2D eigenvalue weighted by Gasteiger charge is 2.13. The fourth-order valence-corrected chi connectivity index (χ4v) is 1.50. The first-order valence-corrected chi connectivity index (χ1v) is 6.05. The monoisotopic (exact) mass is 265 g/mol. The summed E-state index contributed by atoms with van der Waals surface area (Å²) in [6.45, 7) is 5.48. The molecule has 1 aromatic rings. The molecule has 0 saturated heterocycles. The Hall–Kier alpha value is -2.04. The molecule has 1 N–H and O–H groups in total. The third-order valence-corrected chi connectivity index (χ3v) is 2.96. The number of carboxylic acid groups (broad SMARTS) is 1. The van der Waals surface area contributed by atoms with Crippen LogP contribution in [0.1, 0.15) is 29.8 Å². The molecule has 0 aromatic heterocycles. The summed E-state index contributed by atoms with van der Waals surface area (Å²) in [5.74, 6) is -0.595. The van der Waals surface area contributed by atoms with Gasteiger partial charge in [0, 0.05) is 13.1 Å². The number of ether oxygens (including phenoxy) is 1. The van der Waals surface area contributed by atoms with Gasteiger partial charge in [0.1, 0.15) is 5.75 Å². The van der Waals surface area contributed by atoms with Gasteiger partial charge in [-0.3, -0.25) is 4.79 Å². The molecule has 1 amide bonds. The van der Waals surface area contributed by atoms with Gasteiger partial charge in [0.05, 0.1) is 5.56 Å². The lowest BCUT2D eigenvalue weighted by atomic mass is 10.1. The molecular weight excluding hydrogens is 246 g/mol. The third kappa shape index (κ3) is 3.98. The van der Waals surface area contributed by atoms with E-state index in [1.165, 1.54) is 6.07 Å². The summed E-state index contributed by atoms with van der Waals surface area (Å²) in [5, 5.41) is 8.91. The molecule has 0 fully saturated rings. The van der Waals surface area contributed by atoms with Crippen molar-refractivity contribution in [2.45, 2.75) is 26.8 Å². The second-order valence-electron chi connectivity index (χ2n) is 4.67. The second-order valence-corrected chi connectivity index (χ2v) is 4.67. The van der Waals surface area contributed by atoms with E-state index < -0.39 is 5.97 Å². The van der Waals surface area contributed by atoms with Gasteiger partial charge in [-0.2, -0.15) is 0 Å². The van der Waals surface area contributed by atoms with Crippen LogP contribution in [0.15, 0.2) is 18.2 Å². The number of carbonyl (C=O) groups is 2. The van der Waals surface area contributed by atoms with E-state index in [2.05, 4.69) is 0 Å². The van der Waals surface area contributed by atoms with E-state index in [0.717, 1.165) is 0 Å². The van der Waals surface area contributed by atoms with E-state index in [-0.39, 0.29) is 24.1 Å². The number of amides is 1. The number of aromatic carboxylic acids is 1. The van der Waals surface area contributed by atoms with Crippen LogP contribution in [-0.4, -0.2) is 41.6 Å². The molecule has 1 rings (SSSR count). The molecule has 0 aliphatic heterocycles. The van der Waals surface area contributed by atoms with E-state index in [1.54, 1.807) is 31.0 Å². The van der Waals surface area contributed by atoms with Crippen molar-refractivity contribution in [2.24, 2.45) is 0 Å². The van der Waals surface area contributed by atoms with Crippen molar-refractivity contribution in [3.63, 3.8) is 0 Å². The molecule has 5 nitrogen and oxygen atoms in total. The normalized spacial score (nSPS) is 10.4. The number of benzene rings is 1. The van der Waals surface area contributed by atoms with Crippen LogP contribution in [0.3, 0.4) is 0 Å². The first-order chi connectivity index (χ1) is 8.82. The van der Waals surface area contributed by atoms with Crippen LogP contribution in [0.5, 0.6) is 5.75 Å². The minimum atomic E-state index is -0.973. The number of likely N-dealkylation sites (N-methyl/N-ethyl adjacent to an activating group) is 1. The minimum absolute atomic E-state index is 0.0550. The number of aryl methyl sites for hydroxylation is 1. The molecule has 0 atom stereocenters. The highest BCUT2D eigenvalue weighted by atomic mass is 16.5. The lowest BCUT2D eigenvalue weighted by Gasteiger charge is -2.21. The maximum absolute atomic E-state index is 11.7. The van der Waals surface area contributed by atoms with Crippen molar-refractivity contribution in [3.05, 3.63) is 29.3 Å². The number of carboxylic acids is 1. The molecule has 0 saturated carbocycles. The first-order valence-electron chi connectivity index (χ1n) is 6.05. The molecule has 19 heavy (non-hydrogen) atoms. The lowest BCUT2D eigenvalue weighted by Crippen LogP contribution is -2.36. The van der Waals surface area contributed by atoms with Gasteiger partial charge in [0.15, 0.2) is 6.61 Å². The first kappa shape index (κ1) is 15.0. The van der Waals surface area contributed by atoms with Gasteiger partial charge in [-0.1, -0.05) is 0 Å². The quantitative estimate of drug-likeness (QED) is 0.883. The average Bonchev–Trinajstić information content (AvgIpc) is 2.34. The lowest BCUT2D eigenvalue weighted by molar-refractivity contribution is -0.133. The van der Waals surface area contributed by atoms with Gasteiger partial charge in [0.25, 0.3) is 5.91 Å². The number of hydrogen-bond donors (Lipinski definition) is 1. The zero-order valence-electron chi connectivity index (χ0n) is 11.6. The Morgan fingerprint density at radius 2 is 2.00 bits per heavy atom. The molecule has 104 valence electrons. The molecule has 0 heterocycles. The highest BCUT2D eigenvalue weighted by Crippen LogP contribution is 2.17. The summed E-state index contributed by atoms with van der Waals surface area (Å²) in [7, 11) is 1.72. The van der Waals surface area contributed by atoms with Crippen molar-refractivity contribution in [2.75, 3.05) is 13.7 Å². The zero-order valence-corrected chi connectivity index (χ0v) is 11.6. The van der Waals surface area contributed by atoms with Crippen molar-refractivity contribution < 1.29 is 19.4 Å². The summed E-state index contributed by atoms with van der Waals surface area (Å²) in [6, 6.07) is 4.77. The number of nitrogens with zero attached hydrogens (tertiary/aromatic N) is 1. The standard InChI is InChI=1S/C14H19NO4/c1-9(2)15(4)13(16)8-19-11-5-6-12(14(17)18)10(3)7-11/h5-7,9H,8H2,1-4H3,(H,17,18). The Labute approximate surface area is 112 Å². The van der Waals surface area contributed by atoms with Crippen LogP contribution < -0.4 is 4.74 Å². The molecule has 0 aliphatic rings. The molecule has 5 heteroatoms. The number of carbonyl (C=O) groups excluding carboxylic acids is 1. The van der Waals surface area contributed by atoms with Crippen LogP contribution in [0, 0.1) is 6.92 Å². The largest absolute Gasteiger partial charge is 0.484 e. The van der Waals surface area contributed by atoms with Crippen LogP contribution >= 0.6 is 0 Å². The molecule has 0 bridgehead atoms. The maximum Gasteiger partial charge on any atom is 0.335 e. The van der Waals surface area contributed by atoms with Crippen molar-refractivity contribution >= 4 is 11.9 Å². The number of hydrogen-bond acceptors (Lipinski definition) is 3. The summed E-state index contributed by atoms with van der Waals surface area (Å²) in [4.78, 5) is 24.2. The van der Waals surface area contributed by atoms with E-state index in [9.17, 15) is 9.59 Å². The Balaban J connectivity index is 2.67. The van der Waals surface area contributed by atoms with Gasteiger partial charge in [-0.25, -0.2) is 4.79 Å². The van der Waals surface area contributed by atoms with Crippen molar-refractivity contribution in [3.8, 4) is 5.75 Å². The van der Waals surface area contributed by atoms with Gasteiger partial charge in [-0.15, -0.1) is 0 Å². The minimum Gasteiger partial charge on any atom is -0.484 e. The Morgan fingerprint density at radius 3 is 2.47 bits per heavy atom. The molecular formula is C14H19NO4. The molecule has 0 unspecified atom stereocenters. The summed E-state index contributed by atoms with van der Waals surface area (Å²) in [5.41, 5.74) is 0.840. The SMILES string of the molecule is Cc1cc(OCC(=O)N(C)C(C)C)ccc1C(=O)O. The Morgan fingerprint density at radius 1 is 1.37 bits per heavy atom. The molecule has 1 aromatic carbocycles. The van der Waals surface area contributed by atoms with E-state index in [4.69, 9.17) is 9.84 Å². The predicted octanol–water partition coefficient (Wildman–Crippen LogP) is 1.94. The van der Waals surface area contributed by atoms with Crippen molar-refractivity contribution in [1.29, 1.82) is 0 Å². The average molecular weight is 265 g/mol. The molecule has 0 radical (unpaired) electrons. The van der Waals surface area contributed by atoms with Crippen LogP contribution in [0.4, 0.5) is 0 Å². The van der Waals surface area contributed by atoms with Gasteiger partial charge >= 0.3 is 5.97 Å². The van der Waals surface area contributed by atoms with Crippen LogP contribution in [0.2, 0.25) is 0 Å². The van der Waals surface area contributed by atoms with E-state index in [0.29, 0.717) is 11.3 Å². The van der Waals surface area contributed by atoms with Crippen LogP contribution in [0.25, 0.3) is 0 Å². The molecule has 0 aliphatic carbocycles. The summed E-state index contributed by atoms with van der Waals surface area (Å²) in [6.07, 6.45) is 0. The second kappa shape index (κ2) is 6.22. The van der Waals surface area contributed by atoms with E-state index in [1.807, 2.05) is 13.8 Å². The number of rotatable bonds is 5. The summed E-state index contributed by atoms with van der Waals surface area (Å²) < 4.78 is 5.37. The van der Waals surface area contributed by atoms with Crippen molar-refractivity contribution in [1.82, 2.24) is 4.90 Å². The fourth-order valence-electron chi connectivity index (χ4n) is 1.50. The zero-order chi connectivity index (χ0) is 14.6. The smallest absolute Gasteiger partial charge is 0.335 e.